The maximum absolute atomic E-state index is 13.4. The van der Waals surface area contributed by atoms with Crippen molar-refractivity contribution in [1.82, 2.24) is 25.4 Å². The molecule has 0 aliphatic carbocycles. The largest absolute Gasteiger partial charge is 0.457 e. The molecule has 0 spiro atoms. The highest BCUT2D eigenvalue weighted by Gasteiger charge is 2.39. The predicted molar refractivity (Wildman–Crippen MR) is 205 cm³/mol. The Morgan fingerprint density at radius 2 is 1.70 bits per heavy atom. The van der Waals surface area contributed by atoms with Crippen molar-refractivity contribution in [1.29, 1.82) is 0 Å². The van der Waals surface area contributed by atoms with Crippen LogP contribution in [0, 0.1) is 0 Å². The molecule has 57 heavy (non-hydrogen) atoms. The zero-order valence-electron chi connectivity index (χ0n) is 31.1. The minimum Gasteiger partial charge on any atom is -0.457 e. The zero-order chi connectivity index (χ0) is 39.8. The van der Waals surface area contributed by atoms with Crippen LogP contribution in [0.5, 0.6) is 11.5 Å². The first-order chi connectivity index (χ1) is 27.4. The zero-order valence-corrected chi connectivity index (χ0v) is 31.1. The van der Waals surface area contributed by atoms with Crippen molar-refractivity contribution in [3.63, 3.8) is 0 Å². The second kappa shape index (κ2) is 15.5. The fourth-order valence-corrected chi connectivity index (χ4v) is 8.01. The van der Waals surface area contributed by atoms with Crippen LogP contribution in [0.2, 0.25) is 0 Å². The summed E-state index contributed by atoms with van der Waals surface area (Å²) in [6.07, 6.45) is -1.97. The predicted octanol–water partition coefficient (Wildman–Crippen LogP) is 7.68. The maximum atomic E-state index is 13.4. The Kier molecular flexibility index (Phi) is 10.3. The molecule has 4 heterocycles. The SMILES string of the molecule is C[C@H](NC(=O)c1ccc2c(Oc3ccc(C(F)(F)F)cc3)cccc2c1)c1cccc(CN2CCC(c3ccc4c(c3)CN(C3CCC(=O)NC3=O)C4=O)CC2)n1. The lowest BCUT2D eigenvalue weighted by atomic mass is 9.88. The van der Waals surface area contributed by atoms with E-state index in [4.69, 9.17) is 9.72 Å². The van der Waals surface area contributed by atoms with Crippen molar-refractivity contribution in [3.8, 4) is 11.5 Å². The Morgan fingerprint density at radius 3 is 2.46 bits per heavy atom. The van der Waals surface area contributed by atoms with Crippen LogP contribution in [-0.2, 0) is 28.9 Å². The fourth-order valence-electron chi connectivity index (χ4n) is 8.01. The number of rotatable bonds is 9. The van der Waals surface area contributed by atoms with Gasteiger partial charge in [0.15, 0.2) is 0 Å². The number of fused-ring (bicyclic) bond motifs is 2. The van der Waals surface area contributed by atoms with Gasteiger partial charge in [-0.05, 0) is 128 Å². The van der Waals surface area contributed by atoms with Gasteiger partial charge < -0.3 is 15.0 Å². The van der Waals surface area contributed by atoms with E-state index in [1.54, 1.807) is 35.2 Å². The summed E-state index contributed by atoms with van der Waals surface area (Å²) < 4.78 is 44.9. The molecule has 292 valence electrons. The van der Waals surface area contributed by atoms with Crippen LogP contribution in [0.4, 0.5) is 13.2 Å². The first-order valence-corrected chi connectivity index (χ1v) is 19.0. The van der Waals surface area contributed by atoms with Gasteiger partial charge in [0.1, 0.15) is 17.5 Å². The number of alkyl halides is 3. The van der Waals surface area contributed by atoms with Crippen LogP contribution >= 0.6 is 0 Å². The summed E-state index contributed by atoms with van der Waals surface area (Å²) in [7, 11) is 0. The number of ether oxygens (including phenoxy) is 1. The van der Waals surface area contributed by atoms with E-state index in [2.05, 4.69) is 21.6 Å². The third-order valence-electron chi connectivity index (χ3n) is 11.1. The molecule has 4 aromatic carbocycles. The van der Waals surface area contributed by atoms with E-state index in [-0.39, 0.29) is 35.9 Å². The van der Waals surface area contributed by atoms with Gasteiger partial charge in [0.05, 0.1) is 23.0 Å². The van der Waals surface area contributed by atoms with E-state index in [9.17, 15) is 32.3 Å². The number of nitrogens with zero attached hydrogens (tertiary/aromatic N) is 3. The standard InChI is InChI=1S/C44H40F3N5O5/c1-26(48-41(54)30-9-14-35-29(23-30)4-2-7-39(35)57-34-12-10-32(11-13-34)44(45,46)47)37-6-3-5-33(49-37)25-51-20-18-27(19-21-51)28-8-15-36-31(22-28)24-52(43(36)56)38-16-17-40(53)50-42(38)55/h2-15,22-23,26-27,38H,16-21,24-25H2,1H3,(H,48,54)(H,50,53,55)/t26-,38?/m0/s1. The van der Waals surface area contributed by atoms with Gasteiger partial charge in [-0.15, -0.1) is 0 Å². The van der Waals surface area contributed by atoms with Gasteiger partial charge in [-0.3, -0.25) is 34.4 Å². The Labute approximate surface area is 327 Å². The molecule has 3 aliphatic heterocycles. The quantitative estimate of drug-likeness (QED) is 0.148. The Bertz CT molecular complexity index is 2380. The number of hydrogen-bond donors (Lipinski definition) is 2. The van der Waals surface area contributed by atoms with Crippen molar-refractivity contribution in [3.05, 3.63) is 136 Å². The summed E-state index contributed by atoms with van der Waals surface area (Å²) in [4.78, 5) is 59.4. The topological polar surface area (TPSA) is 121 Å². The number of carbonyl (C=O) groups excluding carboxylic acids is 4. The Morgan fingerprint density at radius 1 is 0.930 bits per heavy atom. The molecule has 2 fully saturated rings. The molecular formula is C44H40F3N5O5. The van der Waals surface area contributed by atoms with Crippen LogP contribution in [0.3, 0.4) is 0 Å². The third kappa shape index (κ3) is 8.11. The Hall–Kier alpha value is -6.08. The van der Waals surface area contributed by atoms with Crippen molar-refractivity contribution in [2.45, 2.75) is 69.9 Å². The average molecular weight is 776 g/mol. The van der Waals surface area contributed by atoms with E-state index >= 15 is 0 Å². The number of piperidine rings is 2. The molecule has 5 aromatic rings. The van der Waals surface area contributed by atoms with Gasteiger partial charge in [0.2, 0.25) is 11.8 Å². The first kappa shape index (κ1) is 37.8. The summed E-state index contributed by atoms with van der Waals surface area (Å²) in [5.41, 5.74) is 4.07. The number of nitrogens with one attached hydrogen (secondary N) is 2. The molecule has 4 amide bonds. The summed E-state index contributed by atoms with van der Waals surface area (Å²) >= 11 is 0. The molecule has 2 saturated heterocycles. The van der Waals surface area contributed by atoms with E-state index in [1.165, 1.54) is 17.7 Å². The van der Waals surface area contributed by atoms with Crippen molar-refractivity contribution < 1.29 is 37.1 Å². The fraction of sp³-hybridized carbons (Fsp3) is 0.295. The molecule has 3 aliphatic rings. The van der Waals surface area contributed by atoms with Gasteiger partial charge in [-0.25, -0.2) is 0 Å². The average Bonchev–Trinajstić information content (AvgIpc) is 3.52. The van der Waals surface area contributed by atoms with Crippen LogP contribution in [0.1, 0.15) is 93.4 Å². The normalized spacial score (nSPS) is 18.4. The highest BCUT2D eigenvalue weighted by Crippen LogP contribution is 2.36. The number of likely N-dealkylation sites (tertiary alicyclic amines) is 1. The molecule has 1 aromatic heterocycles. The van der Waals surface area contributed by atoms with Crippen LogP contribution in [-0.4, -0.2) is 57.5 Å². The van der Waals surface area contributed by atoms with Gasteiger partial charge in [0.25, 0.3) is 11.8 Å². The Balaban J connectivity index is 0.852. The van der Waals surface area contributed by atoms with Gasteiger partial charge in [-0.2, -0.15) is 13.2 Å². The van der Waals surface area contributed by atoms with Crippen molar-refractivity contribution in [2.75, 3.05) is 13.1 Å². The van der Waals surface area contributed by atoms with E-state index in [0.29, 0.717) is 47.7 Å². The molecule has 13 heteroatoms. The molecule has 2 N–H and O–H groups in total. The molecule has 2 atom stereocenters. The minimum absolute atomic E-state index is 0.165. The van der Waals surface area contributed by atoms with E-state index < -0.39 is 23.7 Å². The highest BCUT2D eigenvalue weighted by molar-refractivity contribution is 6.05. The van der Waals surface area contributed by atoms with Gasteiger partial charge in [0, 0.05) is 36.0 Å². The van der Waals surface area contributed by atoms with Crippen molar-refractivity contribution >= 4 is 34.4 Å². The smallest absolute Gasteiger partial charge is 0.416 e. The van der Waals surface area contributed by atoms with E-state index in [0.717, 1.165) is 60.4 Å². The molecule has 0 bridgehead atoms. The third-order valence-corrected chi connectivity index (χ3v) is 11.1. The number of halogens is 3. The number of pyridine rings is 1. The number of amides is 4. The van der Waals surface area contributed by atoms with Gasteiger partial charge in [-0.1, -0.05) is 30.3 Å². The monoisotopic (exact) mass is 775 g/mol. The molecule has 1 unspecified atom stereocenters. The molecule has 0 radical (unpaired) electrons. The highest BCUT2D eigenvalue weighted by atomic mass is 19.4. The number of carbonyl (C=O) groups is 4. The number of hydrogen-bond acceptors (Lipinski definition) is 7. The van der Waals surface area contributed by atoms with Crippen LogP contribution in [0.15, 0.2) is 97.1 Å². The summed E-state index contributed by atoms with van der Waals surface area (Å²) in [5.74, 6) is -0.0807. The number of aromatic nitrogens is 1. The second-order valence-electron chi connectivity index (χ2n) is 14.9. The summed E-state index contributed by atoms with van der Waals surface area (Å²) in [6, 6.07) is 25.9. The lowest BCUT2D eigenvalue weighted by Gasteiger charge is -2.32. The molecule has 10 nitrogen and oxygen atoms in total. The summed E-state index contributed by atoms with van der Waals surface area (Å²) in [6.45, 7) is 4.67. The summed E-state index contributed by atoms with van der Waals surface area (Å²) in [5, 5.41) is 6.86. The maximum Gasteiger partial charge on any atom is 0.416 e. The first-order valence-electron chi connectivity index (χ1n) is 19.0. The van der Waals surface area contributed by atoms with Crippen LogP contribution in [0.25, 0.3) is 10.8 Å². The minimum atomic E-state index is -4.43. The molecule has 0 saturated carbocycles. The van der Waals surface area contributed by atoms with Crippen molar-refractivity contribution in [2.24, 2.45) is 0 Å². The number of imide groups is 1. The second-order valence-corrected chi connectivity index (χ2v) is 14.9. The van der Waals surface area contributed by atoms with E-state index in [1.807, 2.05) is 43.3 Å². The van der Waals surface area contributed by atoms with Crippen LogP contribution < -0.4 is 15.4 Å². The van der Waals surface area contributed by atoms with Gasteiger partial charge >= 0.3 is 6.18 Å². The lowest BCUT2D eigenvalue weighted by molar-refractivity contribution is -0.138. The molecular weight excluding hydrogens is 736 g/mol. The molecule has 8 rings (SSSR count). The number of benzene rings is 4. The lowest BCUT2D eigenvalue weighted by Crippen LogP contribution is -2.52.